The Morgan fingerprint density at radius 1 is 1.06 bits per heavy atom. The van der Waals surface area contributed by atoms with Crippen LogP contribution < -0.4 is 25.7 Å². The lowest BCUT2D eigenvalue weighted by Gasteiger charge is -2.28. The molecule has 0 spiro atoms. The van der Waals surface area contributed by atoms with Crippen LogP contribution in [0.3, 0.4) is 0 Å². The Labute approximate surface area is 323 Å². The molecule has 13 nitrogen and oxygen atoms in total. The smallest absolute Gasteiger partial charge is 0.407 e. The number of hydrogen-bond acceptors (Lipinski definition) is 9. The first-order chi connectivity index (χ1) is 25.9. The number of nitrogens with one attached hydrogen (secondary N) is 4. The third-order valence-corrected chi connectivity index (χ3v) is 11.0. The second kappa shape index (κ2) is 21.1. The van der Waals surface area contributed by atoms with E-state index in [0.29, 0.717) is 48.0 Å². The predicted molar refractivity (Wildman–Crippen MR) is 212 cm³/mol. The van der Waals surface area contributed by atoms with Crippen LogP contribution in [0.25, 0.3) is 11.0 Å². The molecule has 0 bridgehead atoms. The number of methoxy groups -OCH3 is 1. The summed E-state index contributed by atoms with van der Waals surface area (Å²) in [5, 5.41) is 5.85. The van der Waals surface area contributed by atoms with E-state index in [2.05, 4.69) is 52.7 Å². The van der Waals surface area contributed by atoms with Gasteiger partial charge in [-0.05, 0) is 100 Å². The first-order valence-corrected chi connectivity index (χ1v) is 20.5. The van der Waals surface area contributed by atoms with E-state index in [1.54, 1.807) is 19.3 Å². The summed E-state index contributed by atoms with van der Waals surface area (Å²) in [6.07, 6.45) is 10.9. The standard InChI is InChI=1S/C36H50N6O7S.C4H10/c1-4-22(2)32(35(46)41-50-25-16-17-25)40-34(45)29-13-9-19-42(29)31(43)21-37-36(47)49-30-14-8-11-23(30)10-6-5-7-12-27-33(44)39-28-20-24(48-3)15-18-26(28)38-27;1-4(2)3/h4,15,18,20,22-23,25,29-30,32H,1,5-14,16-17,19,21H2,2-3H3,(H,37,47)(H,39,44)(H,40,45)(H,41,46);4H,1-3H3/t22-,23?,29?,30+,32?;/m0./s1. The molecule has 3 fully saturated rings. The van der Waals surface area contributed by atoms with Gasteiger partial charge in [-0.15, -0.1) is 6.58 Å². The van der Waals surface area contributed by atoms with Crippen molar-refractivity contribution in [1.29, 1.82) is 0 Å². The zero-order valence-corrected chi connectivity index (χ0v) is 33.4. The number of carbonyl (C=O) groups excluding carboxylic acids is 4. The second-order valence-electron chi connectivity index (χ2n) is 15.3. The van der Waals surface area contributed by atoms with Gasteiger partial charge in [0.15, 0.2) is 0 Å². The molecule has 3 unspecified atom stereocenters. The fourth-order valence-corrected chi connectivity index (χ4v) is 7.52. The highest BCUT2D eigenvalue weighted by Gasteiger charge is 2.37. The molecule has 54 heavy (non-hydrogen) atoms. The Bertz CT molecular complexity index is 1640. The maximum Gasteiger partial charge on any atom is 0.407 e. The number of rotatable bonds is 17. The fraction of sp³-hybridized carbons (Fsp3) is 0.650. The number of benzene rings is 1. The van der Waals surface area contributed by atoms with Crippen LogP contribution in [0.1, 0.15) is 104 Å². The fourth-order valence-electron chi connectivity index (χ4n) is 6.74. The van der Waals surface area contributed by atoms with Crippen LogP contribution in [-0.4, -0.2) is 82.3 Å². The minimum atomic E-state index is -0.798. The Hall–Kier alpha value is -4.07. The Morgan fingerprint density at radius 2 is 1.81 bits per heavy atom. The average Bonchev–Trinajstić information content (AvgIpc) is 3.66. The van der Waals surface area contributed by atoms with E-state index in [9.17, 15) is 24.0 Å². The molecule has 4 amide bonds. The molecule has 1 aromatic carbocycles. The van der Waals surface area contributed by atoms with Crippen molar-refractivity contribution in [3.63, 3.8) is 0 Å². The molecule has 2 aromatic rings. The third kappa shape index (κ3) is 13.1. The SMILES string of the molecule is C=C[C@H](C)C(NC(=O)C1CCCN1C(=O)CNC(=O)O[C@@H]1CCCC1CCCCCc1nc2ccc(OC)cc2[nH]c1=O)C(=O)NSC1CC1.CC(C)C. The van der Waals surface area contributed by atoms with Crippen LogP contribution in [-0.2, 0) is 25.5 Å². The summed E-state index contributed by atoms with van der Waals surface area (Å²) in [7, 11) is 1.58. The van der Waals surface area contributed by atoms with Crippen molar-refractivity contribution in [2.45, 2.75) is 128 Å². The van der Waals surface area contributed by atoms with Crippen LogP contribution in [0.2, 0.25) is 0 Å². The molecule has 1 saturated heterocycles. The number of amides is 4. The van der Waals surface area contributed by atoms with Gasteiger partial charge in [0.05, 0.1) is 18.1 Å². The van der Waals surface area contributed by atoms with Crippen molar-refractivity contribution in [3.8, 4) is 5.75 Å². The summed E-state index contributed by atoms with van der Waals surface area (Å²) < 4.78 is 13.8. The van der Waals surface area contributed by atoms with Crippen molar-refractivity contribution >= 4 is 46.8 Å². The molecular weight excluding hydrogens is 709 g/mol. The predicted octanol–water partition coefficient (Wildman–Crippen LogP) is 5.82. The maximum atomic E-state index is 13.3. The number of hydrogen-bond donors (Lipinski definition) is 4. The zero-order valence-electron chi connectivity index (χ0n) is 32.6. The third-order valence-electron chi connectivity index (χ3n) is 9.89. The quantitative estimate of drug-likeness (QED) is 0.0880. The molecule has 5 atom stereocenters. The van der Waals surface area contributed by atoms with E-state index in [1.807, 2.05) is 19.1 Å². The van der Waals surface area contributed by atoms with Crippen molar-refractivity contribution in [1.82, 2.24) is 30.2 Å². The summed E-state index contributed by atoms with van der Waals surface area (Å²) in [5.74, 6) is 0.387. The first-order valence-electron chi connectivity index (χ1n) is 19.6. The summed E-state index contributed by atoms with van der Waals surface area (Å²) in [6.45, 7) is 12.2. The summed E-state index contributed by atoms with van der Waals surface area (Å²) in [6, 6.07) is 3.90. The monoisotopic (exact) mass is 768 g/mol. The molecule has 298 valence electrons. The van der Waals surface area contributed by atoms with Gasteiger partial charge in [-0.25, -0.2) is 9.78 Å². The number of H-pyrrole nitrogens is 1. The van der Waals surface area contributed by atoms with E-state index in [1.165, 1.54) is 16.8 Å². The largest absolute Gasteiger partial charge is 0.497 e. The van der Waals surface area contributed by atoms with Gasteiger partial charge in [-0.3, -0.25) is 23.9 Å². The minimum Gasteiger partial charge on any atom is -0.497 e. The zero-order chi connectivity index (χ0) is 39.2. The molecule has 2 aliphatic carbocycles. The first kappa shape index (κ1) is 42.7. The van der Waals surface area contributed by atoms with E-state index >= 15 is 0 Å². The molecule has 4 N–H and O–H groups in total. The van der Waals surface area contributed by atoms with Gasteiger partial charge in [0.2, 0.25) is 11.8 Å². The Kier molecular flexibility index (Phi) is 16.7. The average molecular weight is 769 g/mol. The van der Waals surface area contributed by atoms with Crippen molar-refractivity contribution in [2.75, 3.05) is 20.2 Å². The van der Waals surface area contributed by atoms with Crippen LogP contribution in [0.4, 0.5) is 4.79 Å². The minimum absolute atomic E-state index is 0.183. The highest BCUT2D eigenvalue weighted by Crippen LogP contribution is 2.33. The number of aryl methyl sites for hydroxylation is 1. The number of nitrogens with zero attached hydrogens (tertiary/aromatic N) is 2. The molecule has 0 radical (unpaired) electrons. The highest BCUT2D eigenvalue weighted by molar-refractivity contribution is 7.98. The number of carbonyl (C=O) groups is 4. The lowest BCUT2D eigenvalue weighted by Crippen LogP contribution is -2.55. The van der Waals surface area contributed by atoms with Crippen LogP contribution >= 0.6 is 11.9 Å². The van der Waals surface area contributed by atoms with Crippen molar-refractivity contribution in [2.24, 2.45) is 17.8 Å². The summed E-state index contributed by atoms with van der Waals surface area (Å²) >= 11 is 1.38. The van der Waals surface area contributed by atoms with E-state index < -0.39 is 18.2 Å². The number of ether oxygens (including phenoxy) is 2. The summed E-state index contributed by atoms with van der Waals surface area (Å²) in [4.78, 5) is 73.4. The molecular formula is C40H60N6O7S. The van der Waals surface area contributed by atoms with E-state index in [0.717, 1.165) is 69.2 Å². The van der Waals surface area contributed by atoms with Crippen LogP contribution in [0.15, 0.2) is 35.6 Å². The van der Waals surface area contributed by atoms with Crippen LogP contribution in [0, 0.1) is 17.8 Å². The Morgan fingerprint density at radius 3 is 2.52 bits per heavy atom. The topological polar surface area (TPSA) is 172 Å². The number of alkyl carbamates (subject to hydrolysis) is 1. The van der Waals surface area contributed by atoms with Gasteiger partial charge in [0.1, 0.15) is 36.2 Å². The summed E-state index contributed by atoms with van der Waals surface area (Å²) in [5.41, 5.74) is 1.71. The number of aromatic amines is 1. The van der Waals surface area contributed by atoms with Crippen molar-refractivity contribution < 1.29 is 28.7 Å². The lowest BCUT2D eigenvalue weighted by molar-refractivity contribution is -0.139. The molecule has 2 heterocycles. The van der Waals surface area contributed by atoms with Gasteiger partial charge in [-0.2, -0.15) is 0 Å². The normalized spacial score (nSPS) is 20.4. The number of likely N-dealkylation sites (tertiary alicyclic amines) is 1. The van der Waals surface area contributed by atoms with Gasteiger partial charge >= 0.3 is 6.09 Å². The molecule has 1 aliphatic heterocycles. The molecule has 3 aliphatic rings. The molecule has 14 heteroatoms. The van der Waals surface area contributed by atoms with Gasteiger partial charge in [0.25, 0.3) is 11.5 Å². The highest BCUT2D eigenvalue weighted by atomic mass is 32.2. The number of fused-ring (bicyclic) bond motifs is 1. The lowest BCUT2D eigenvalue weighted by atomic mass is 9.97. The van der Waals surface area contributed by atoms with E-state index in [-0.39, 0.29) is 47.8 Å². The van der Waals surface area contributed by atoms with Crippen LogP contribution in [0.5, 0.6) is 5.75 Å². The van der Waals surface area contributed by atoms with E-state index in [4.69, 9.17) is 9.47 Å². The second-order valence-corrected chi connectivity index (χ2v) is 16.4. The van der Waals surface area contributed by atoms with Gasteiger partial charge < -0.3 is 30.0 Å². The van der Waals surface area contributed by atoms with Gasteiger partial charge in [0, 0.05) is 23.8 Å². The Balaban J connectivity index is 0.00000155. The molecule has 2 saturated carbocycles. The number of unbranched alkanes of at least 4 members (excludes halogenated alkanes) is 2. The van der Waals surface area contributed by atoms with Gasteiger partial charge in [-0.1, -0.05) is 46.6 Å². The van der Waals surface area contributed by atoms with Crippen molar-refractivity contribution in [3.05, 3.63) is 46.9 Å². The number of aromatic nitrogens is 2. The molecule has 5 rings (SSSR count). The molecule has 1 aromatic heterocycles. The maximum absolute atomic E-state index is 13.3.